The molecule has 0 aromatic carbocycles. The summed E-state index contributed by atoms with van der Waals surface area (Å²) in [5, 5.41) is 23.4. The lowest BCUT2D eigenvalue weighted by Gasteiger charge is -2.22. The molecule has 2 unspecified atom stereocenters. The first-order valence-electron chi connectivity index (χ1n) is 31.4. The molecule has 410 valence electrons. The van der Waals surface area contributed by atoms with E-state index < -0.39 is 12.1 Å². The van der Waals surface area contributed by atoms with Crippen molar-refractivity contribution in [1.82, 2.24) is 5.32 Å². The van der Waals surface area contributed by atoms with Gasteiger partial charge in [-0.05, 0) is 51.4 Å². The highest BCUT2D eigenvalue weighted by Gasteiger charge is 2.20. The van der Waals surface area contributed by atoms with E-state index in [2.05, 4.69) is 31.3 Å². The van der Waals surface area contributed by atoms with Gasteiger partial charge in [0, 0.05) is 12.8 Å². The maximum atomic E-state index is 12.5. The van der Waals surface area contributed by atoms with Gasteiger partial charge >= 0.3 is 5.97 Å². The molecule has 0 aromatic heterocycles. The minimum absolute atomic E-state index is 0.0309. The molecule has 0 aliphatic rings. The summed E-state index contributed by atoms with van der Waals surface area (Å²) >= 11 is 0. The largest absolute Gasteiger partial charge is 0.466 e. The lowest BCUT2D eigenvalue weighted by Crippen LogP contribution is -2.45. The summed E-state index contributed by atoms with van der Waals surface area (Å²) in [7, 11) is 0. The van der Waals surface area contributed by atoms with Crippen LogP contribution in [0.4, 0.5) is 0 Å². The quantitative estimate of drug-likeness (QED) is 0.0321. The molecule has 3 N–H and O–H groups in total. The van der Waals surface area contributed by atoms with Crippen LogP contribution in [0, 0.1) is 0 Å². The Morgan fingerprint density at radius 3 is 1.03 bits per heavy atom. The van der Waals surface area contributed by atoms with Crippen molar-refractivity contribution in [3.05, 3.63) is 12.2 Å². The molecule has 0 aromatic rings. The van der Waals surface area contributed by atoms with Gasteiger partial charge in [0.25, 0.3) is 0 Å². The van der Waals surface area contributed by atoms with Crippen LogP contribution in [0.15, 0.2) is 12.2 Å². The molecule has 0 radical (unpaired) electrons. The van der Waals surface area contributed by atoms with Crippen LogP contribution >= 0.6 is 0 Å². The fourth-order valence-electron chi connectivity index (χ4n) is 9.99. The highest BCUT2D eigenvalue weighted by molar-refractivity contribution is 5.76. The Bertz CT molecular complexity index is 1030. The molecule has 0 heterocycles. The molecule has 0 saturated carbocycles. The predicted molar refractivity (Wildman–Crippen MR) is 301 cm³/mol. The summed E-state index contributed by atoms with van der Waals surface area (Å²) in [5.41, 5.74) is 0. The molecule has 6 nitrogen and oxygen atoms in total. The molecule has 1 amide bonds. The highest BCUT2D eigenvalue weighted by Crippen LogP contribution is 2.18. The van der Waals surface area contributed by atoms with E-state index in [1.807, 2.05) is 0 Å². The number of rotatable bonds is 59. The number of unbranched alkanes of at least 4 members (excludes halogenated alkanes) is 46. The summed E-state index contributed by atoms with van der Waals surface area (Å²) in [5.74, 6) is -0.0967. The fourth-order valence-corrected chi connectivity index (χ4v) is 9.99. The topological polar surface area (TPSA) is 95.9 Å². The SMILES string of the molecule is CCCCCCCCCCCCCCCCCCCCCCCCCCCC(O)C(CO)NC(=O)CCCCCC/C=C\CCCCOC(=O)CCCCCCCCCCCCCCCCCCC. The second-order valence-electron chi connectivity index (χ2n) is 21.7. The van der Waals surface area contributed by atoms with Gasteiger partial charge in [-0.3, -0.25) is 9.59 Å². The van der Waals surface area contributed by atoms with E-state index in [9.17, 15) is 19.8 Å². The molecule has 0 spiro atoms. The molecule has 0 aliphatic carbocycles. The molecule has 6 heteroatoms. The van der Waals surface area contributed by atoms with Crippen LogP contribution in [-0.4, -0.2) is 47.4 Å². The Hall–Kier alpha value is -1.40. The van der Waals surface area contributed by atoms with Crippen molar-refractivity contribution in [3.8, 4) is 0 Å². The second kappa shape index (κ2) is 59.2. The second-order valence-corrected chi connectivity index (χ2v) is 21.7. The molecule has 0 aliphatic heterocycles. The molecule has 2 atom stereocenters. The van der Waals surface area contributed by atoms with Crippen LogP contribution in [0.5, 0.6) is 0 Å². The van der Waals surface area contributed by atoms with E-state index in [1.165, 1.54) is 244 Å². The Morgan fingerprint density at radius 2 is 0.681 bits per heavy atom. The van der Waals surface area contributed by atoms with E-state index in [4.69, 9.17) is 4.74 Å². The average Bonchev–Trinajstić information content (AvgIpc) is 3.35. The first kappa shape index (κ1) is 67.6. The zero-order valence-corrected chi connectivity index (χ0v) is 46.8. The number of allylic oxidation sites excluding steroid dienone is 2. The maximum Gasteiger partial charge on any atom is 0.305 e. The normalized spacial score (nSPS) is 12.6. The van der Waals surface area contributed by atoms with E-state index in [0.717, 1.165) is 77.0 Å². The van der Waals surface area contributed by atoms with Gasteiger partial charge in [-0.2, -0.15) is 0 Å². The van der Waals surface area contributed by atoms with Crippen LogP contribution in [-0.2, 0) is 14.3 Å². The molecular formula is C63H123NO5. The molecule has 0 saturated heterocycles. The maximum absolute atomic E-state index is 12.5. The zero-order valence-electron chi connectivity index (χ0n) is 46.8. The first-order valence-corrected chi connectivity index (χ1v) is 31.4. The lowest BCUT2D eigenvalue weighted by atomic mass is 10.0. The Kier molecular flexibility index (Phi) is 58.0. The van der Waals surface area contributed by atoms with Gasteiger partial charge in [-0.15, -0.1) is 0 Å². The van der Waals surface area contributed by atoms with Crippen molar-refractivity contribution in [2.75, 3.05) is 13.2 Å². The number of nitrogens with one attached hydrogen (secondary N) is 1. The van der Waals surface area contributed by atoms with Crippen LogP contribution in [0.2, 0.25) is 0 Å². The van der Waals surface area contributed by atoms with Crippen molar-refractivity contribution in [1.29, 1.82) is 0 Å². The minimum Gasteiger partial charge on any atom is -0.466 e. The molecule has 69 heavy (non-hydrogen) atoms. The first-order chi connectivity index (χ1) is 34.0. The summed E-state index contributed by atoms with van der Waals surface area (Å²) in [6.45, 7) is 4.90. The van der Waals surface area contributed by atoms with E-state index >= 15 is 0 Å². The number of carbonyl (C=O) groups is 2. The highest BCUT2D eigenvalue weighted by atomic mass is 16.5. The van der Waals surface area contributed by atoms with Gasteiger partial charge < -0.3 is 20.3 Å². The van der Waals surface area contributed by atoms with Crippen LogP contribution in [0.1, 0.15) is 354 Å². The lowest BCUT2D eigenvalue weighted by molar-refractivity contribution is -0.143. The third kappa shape index (κ3) is 55.8. The Balaban J connectivity index is 3.47. The van der Waals surface area contributed by atoms with Crippen molar-refractivity contribution in [2.45, 2.75) is 366 Å². The zero-order chi connectivity index (χ0) is 50.0. The number of hydrogen-bond donors (Lipinski definition) is 3. The Morgan fingerprint density at radius 1 is 0.391 bits per heavy atom. The van der Waals surface area contributed by atoms with Gasteiger partial charge in [-0.25, -0.2) is 0 Å². The van der Waals surface area contributed by atoms with Crippen LogP contribution in [0.3, 0.4) is 0 Å². The van der Waals surface area contributed by atoms with Crippen LogP contribution < -0.4 is 5.32 Å². The number of hydrogen-bond acceptors (Lipinski definition) is 5. The smallest absolute Gasteiger partial charge is 0.305 e. The summed E-state index contributed by atoms with van der Waals surface area (Å²) in [6, 6.07) is -0.567. The number of ether oxygens (including phenoxy) is 1. The van der Waals surface area contributed by atoms with Crippen molar-refractivity contribution < 1.29 is 24.5 Å². The van der Waals surface area contributed by atoms with E-state index in [1.54, 1.807) is 0 Å². The van der Waals surface area contributed by atoms with Gasteiger partial charge in [0.1, 0.15) is 0 Å². The van der Waals surface area contributed by atoms with Gasteiger partial charge in [0.15, 0.2) is 0 Å². The average molecular weight is 975 g/mol. The summed E-state index contributed by atoms with van der Waals surface area (Å²) in [6.07, 6.45) is 70.8. The predicted octanol–water partition coefficient (Wildman–Crippen LogP) is 19.6. The van der Waals surface area contributed by atoms with Gasteiger partial charge in [0.2, 0.25) is 5.91 Å². The number of aliphatic hydroxyl groups excluding tert-OH is 2. The summed E-state index contributed by atoms with van der Waals surface area (Å²) in [4.78, 5) is 24.6. The molecular weight excluding hydrogens is 851 g/mol. The minimum atomic E-state index is -0.686. The van der Waals surface area contributed by atoms with E-state index in [-0.39, 0.29) is 18.5 Å². The molecule has 0 bridgehead atoms. The van der Waals surface area contributed by atoms with Gasteiger partial charge in [-0.1, -0.05) is 302 Å². The number of amides is 1. The molecule has 0 fully saturated rings. The van der Waals surface area contributed by atoms with Crippen molar-refractivity contribution in [3.63, 3.8) is 0 Å². The van der Waals surface area contributed by atoms with Crippen LogP contribution in [0.25, 0.3) is 0 Å². The number of aliphatic hydroxyl groups is 2. The molecule has 0 rings (SSSR count). The third-order valence-corrected chi connectivity index (χ3v) is 14.8. The van der Waals surface area contributed by atoms with E-state index in [0.29, 0.717) is 25.9 Å². The standard InChI is InChI=1S/C63H123NO5/c1-3-5-7-9-11-13-15-17-19-21-22-23-24-25-26-27-28-30-31-33-35-39-43-47-51-55-61(66)60(59-65)64-62(67)56-52-48-44-40-37-38-42-46-50-54-58-69-63(68)57-53-49-45-41-36-34-32-29-20-18-16-14-12-10-8-6-4-2/h38,42,60-61,65-66H,3-37,39-41,43-59H2,1-2H3,(H,64,67)/b42-38-. The van der Waals surface area contributed by atoms with Gasteiger partial charge in [0.05, 0.1) is 25.4 Å². The summed E-state index contributed by atoms with van der Waals surface area (Å²) < 4.78 is 5.46. The van der Waals surface area contributed by atoms with Crippen molar-refractivity contribution in [2.24, 2.45) is 0 Å². The third-order valence-electron chi connectivity index (χ3n) is 14.8. The Labute approximate surface area is 431 Å². The van der Waals surface area contributed by atoms with Crippen molar-refractivity contribution >= 4 is 11.9 Å². The number of carbonyl (C=O) groups excluding carboxylic acids is 2. The monoisotopic (exact) mass is 974 g/mol. The number of esters is 1. The fraction of sp³-hybridized carbons (Fsp3) is 0.937.